The fourth-order valence-corrected chi connectivity index (χ4v) is 8.77. The van der Waals surface area contributed by atoms with Crippen molar-refractivity contribution in [3.8, 4) is 0 Å². The van der Waals surface area contributed by atoms with E-state index in [2.05, 4.69) is 42.5 Å². The fraction of sp³-hybridized carbons (Fsp3) is 0.545. The highest BCUT2D eigenvalue weighted by Gasteiger charge is 2.33. The minimum absolute atomic E-state index is 0.00668. The summed E-state index contributed by atoms with van der Waals surface area (Å²) in [4.78, 5) is 104. The second kappa shape index (κ2) is 36.3. The van der Waals surface area contributed by atoms with Crippen molar-refractivity contribution in [2.45, 2.75) is 77.0 Å². The van der Waals surface area contributed by atoms with Crippen LogP contribution in [0.1, 0.15) is 72.2 Å². The number of aromatic nitrogens is 1. The number of halogens is 1. The Labute approximate surface area is 475 Å². The third-order valence-electron chi connectivity index (χ3n) is 12.8. The summed E-state index contributed by atoms with van der Waals surface area (Å²) in [5.41, 5.74) is 16.8. The molecule has 5 rings (SSSR count). The number of aryl methyl sites for hydroxylation is 1. The second-order valence-electron chi connectivity index (χ2n) is 19.0. The summed E-state index contributed by atoms with van der Waals surface area (Å²) in [7, 11) is 0. The van der Waals surface area contributed by atoms with Crippen LogP contribution in [0.4, 0.5) is 4.39 Å². The molecule has 27 heteroatoms. The number of pyridine rings is 1. The summed E-state index contributed by atoms with van der Waals surface area (Å²) in [6.45, 7) is 6.14. The quantitative estimate of drug-likeness (QED) is 0.0232. The normalized spacial score (nSPS) is 14.5. The van der Waals surface area contributed by atoms with E-state index in [0.29, 0.717) is 102 Å². The molecule has 3 atom stereocenters. The predicted octanol–water partition coefficient (Wildman–Crippen LogP) is -1.39. The Morgan fingerprint density at radius 3 is 1.95 bits per heavy atom. The Morgan fingerprint density at radius 1 is 0.707 bits per heavy atom. The molecule has 26 nitrogen and oxygen atoms in total. The summed E-state index contributed by atoms with van der Waals surface area (Å²) in [5.74, 6) is -4.67. The Bertz CT molecular complexity index is 2650. The third-order valence-corrected chi connectivity index (χ3v) is 12.8. The van der Waals surface area contributed by atoms with E-state index in [1.165, 1.54) is 6.07 Å². The van der Waals surface area contributed by atoms with Crippen molar-refractivity contribution >= 4 is 63.9 Å². The molecular formula is C55H78FN11O15. The Balaban J connectivity index is 0.855. The van der Waals surface area contributed by atoms with Gasteiger partial charge < -0.3 is 87.2 Å². The first-order valence-electron chi connectivity index (χ1n) is 27.2. The maximum absolute atomic E-state index is 14.9. The van der Waals surface area contributed by atoms with Crippen molar-refractivity contribution in [3.63, 3.8) is 0 Å². The number of fused-ring (bicyclic) bond motifs is 2. The number of hydrogen-bond donors (Lipinski definition) is 10. The summed E-state index contributed by atoms with van der Waals surface area (Å²) in [5, 5.41) is 22.3. The van der Waals surface area contributed by atoms with Crippen LogP contribution in [0.3, 0.4) is 0 Å². The lowest BCUT2D eigenvalue weighted by Crippen LogP contribution is -2.52. The number of nitrogens with two attached hydrogens (primary N) is 2. The van der Waals surface area contributed by atoms with Crippen molar-refractivity contribution < 1.29 is 75.9 Å². The van der Waals surface area contributed by atoms with E-state index in [4.69, 9.17) is 49.6 Å². The number of nitrogens with one attached hydrogen (secondary N) is 8. The van der Waals surface area contributed by atoms with E-state index in [-0.39, 0.29) is 76.6 Å². The second-order valence-corrected chi connectivity index (χ2v) is 19.0. The maximum Gasteiger partial charge on any atom is 0.246 e. The van der Waals surface area contributed by atoms with Gasteiger partial charge >= 0.3 is 0 Å². The standard InChI is InChI=1S/C55H78FN11O15/c1-3-41-54-39(29-60-41)53-42(10-9-38-35(2)40(56)28-43(67-54)52(38)53)65-51(74)33-82-34-64-49(72)31-63-55(75)44(25-36-7-5-4-6-8-36)66-50(73)32-62-48(71)30-61-46(69)11-13-76-15-17-78-19-21-80-23-24-81-22-20-79-18-16-77-14-12-59-47(70)27-37(57)26-45(58)68/h3-8,28,37,42,44,60H,9-27,29-34,57H2,1-2H3,(H2,58,68)(H,59,70)(H,61,69)(H,62,71)(H,63,75)(H,64,72)(H,65,74)(H,66,73)/b41-3-/t37?,42-,44-/m0/s1. The SMILES string of the molecule is C/C=C1\NCc2c1nc1cc(F)c(C)c3c1c2[C@@H](NC(=O)COCNC(=O)CNC(=O)[C@H](Cc1ccccc1)NC(=O)CNC(=O)CNC(=O)CCOCCOCCOCCOCCOCCOCCNC(=O)CC(N)CC(N)=O)CC3. The van der Waals surface area contributed by atoms with Crippen LogP contribution >= 0.6 is 0 Å². The lowest BCUT2D eigenvalue weighted by atomic mass is 9.82. The van der Waals surface area contributed by atoms with E-state index in [1.54, 1.807) is 37.3 Å². The van der Waals surface area contributed by atoms with Crippen LogP contribution in [-0.2, 0) is 90.9 Å². The van der Waals surface area contributed by atoms with Gasteiger partial charge in [-0.25, -0.2) is 9.37 Å². The van der Waals surface area contributed by atoms with Crippen molar-refractivity contribution in [1.82, 2.24) is 47.5 Å². The highest BCUT2D eigenvalue weighted by Crippen LogP contribution is 2.42. The highest BCUT2D eigenvalue weighted by atomic mass is 19.1. The number of carbonyl (C=O) groups excluding carboxylic acids is 8. The molecule has 1 unspecified atom stereocenters. The monoisotopic (exact) mass is 1150 g/mol. The molecule has 3 aromatic rings. The number of benzene rings is 2. The number of amides is 8. The minimum Gasteiger partial charge on any atom is -0.379 e. The van der Waals surface area contributed by atoms with Gasteiger partial charge in [-0.15, -0.1) is 0 Å². The van der Waals surface area contributed by atoms with Gasteiger partial charge in [0.1, 0.15) is 25.2 Å². The average molecular weight is 1150 g/mol. The van der Waals surface area contributed by atoms with E-state index >= 15 is 0 Å². The van der Waals surface area contributed by atoms with Gasteiger partial charge in [0.15, 0.2) is 0 Å². The number of rotatable bonds is 40. The van der Waals surface area contributed by atoms with E-state index < -0.39 is 73.1 Å². The van der Waals surface area contributed by atoms with Gasteiger partial charge in [-0.1, -0.05) is 36.4 Å². The van der Waals surface area contributed by atoms with E-state index in [1.807, 2.05) is 13.0 Å². The number of carbonyl (C=O) groups is 8. The van der Waals surface area contributed by atoms with Gasteiger partial charge in [0.05, 0.1) is 122 Å². The number of primary amides is 1. The molecule has 2 heterocycles. The molecule has 0 saturated carbocycles. The zero-order valence-electron chi connectivity index (χ0n) is 46.6. The highest BCUT2D eigenvalue weighted by molar-refractivity contribution is 5.94. The Hall–Kier alpha value is -7.24. The van der Waals surface area contributed by atoms with Crippen LogP contribution in [0.5, 0.6) is 0 Å². The first-order valence-corrected chi connectivity index (χ1v) is 27.2. The van der Waals surface area contributed by atoms with Gasteiger partial charge in [-0.05, 0) is 48.9 Å². The molecule has 0 spiro atoms. The third kappa shape index (κ3) is 23.3. The molecule has 0 radical (unpaired) electrons. The molecule has 0 saturated heterocycles. The Kier molecular flexibility index (Phi) is 29.0. The summed E-state index contributed by atoms with van der Waals surface area (Å²) < 4.78 is 53.0. The van der Waals surface area contributed by atoms with Gasteiger partial charge in [0.25, 0.3) is 0 Å². The summed E-state index contributed by atoms with van der Waals surface area (Å²) in [6, 6.07) is 8.17. The molecule has 1 aromatic heterocycles. The van der Waals surface area contributed by atoms with Crippen LogP contribution in [0.25, 0.3) is 16.6 Å². The molecule has 0 bridgehead atoms. The van der Waals surface area contributed by atoms with Crippen molar-refractivity contribution in [2.24, 2.45) is 11.5 Å². The average Bonchev–Trinajstić information content (AvgIpc) is 2.60. The van der Waals surface area contributed by atoms with Crippen LogP contribution < -0.4 is 54.0 Å². The zero-order valence-corrected chi connectivity index (χ0v) is 46.6. The van der Waals surface area contributed by atoms with Gasteiger partial charge in [-0.2, -0.15) is 0 Å². The van der Waals surface area contributed by atoms with Crippen LogP contribution in [0, 0.1) is 12.7 Å². The summed E-state index contributed by atoms with van der Waals surface area (Å²) >= 11 is 0. The molecule has 82 heavy (non-hydrogen) atoms. The minimum atomic E-state index is -1.13. The summed E-state index contributed by atoms with van der Waals surface area (Å²) in [6.07, 6.45) is 3.00. The van der Waals surface area contributed by atoms with Crippen LogP contribution in [0.2, 0.25) is 0 Å². The molecular weight excluding hydrogens is 1070 g/mol. The Morgan fingerprint density at radius 2 is 1.30 bits per heavy atom. The molecule has 0 fully saturated rings. The number of ether oxygens (including phenoxy) is 7. The van der Waals surface area contributed by atoms with E-state index in [9.17, 15) is 42.7 Å². The number of hydrogen-bond acceptors (Lipinski definition) is 18. The maximum atomic E-state index is 14.9. The lowest BCUT2D eigenvalue weighted by molar-refractivity contribution is -0.132. The van der Waals surface area contributed by atoms with Gasteiger partial charge in [0.2, 0.25) is 47.3 Å². The van der Waals surface area contributed by atoms with Crippen molar-refractivity contribution in [2.75, 3.05) is 119 Å². The predicted molar refractivity (Wildman–Crippen MR) is 295 cm³/mol. The molecule has 8 amide bonds. The molecule has 450 valence electrons. The number of nitrogens with zero attached hydrogens (tertiary/aromatic N) is 1. The van der Waals surface area contributed by atoms with E-state index in [0.717, 1.165) is 33.5 Å². The first kappa shape index (κ1) is 65.6. The van der Waals surface area contributed by atoms with Gasteiger partial charge in [-0.3, -0.25) is 38.4 Å². The molecule has 2 aromatic carbocycles. The molecule has 1 aliphatic heterocycles. The van der Waals surface area contributed by atoms with Crippen molar-refractivity contribution in [3.05, 3.63) is 81.8 Å². The molecule has 12 N–H and O–H groups in total. The van der Waals surface area contributed by atoms with Crippen LogP contribution in [0.15, 0.2) is 42.5 Å². The lowest BCUT2D eigenvalue weighted by Gasteiger charge is -2.29. The molecule has 1 aliphatic carbocycles. The fourth-order valence-electron chi connectivity index (χ4n) is 8.77. The zero-order chi connectivity index (χ0) is 59.1. The van der Waals surface area contributed by atoms with Gasteiger partial charge in [0, 0.05) is 61.8 Å². The number of allylic oxidation sites excluding steroid dienone is 1. The first-order chi connectivity index (χ1) is 39.6. The smallest absolute Gasteiger partial charge is 0.246 e. The van der Waals surface area contributed by atoms with Crippen LogP contribution in [-0.4, -0.2) is 183 Å². The topological polar surface area (TPSA) is 362 Å². The molecule has 2 aliphatic rings. The van der Waals surface area contributed by atoms with Crippen molar-refractivity contribution in [1.29, 1.82) is 0 Å². The largest absolute Gasteiger partial charge is 0.379 e.